The van der Waals surface area contributed by atoms with Crippen LogP contribution in [0.3, 0.4) is 0 Å². The average molecular weight is 451 g/mol. The van der Waals surface area contributed by atoms with Gasteiger partial charge in [-0.05, 0) is 80.1 Å². The predicted octanol–water partition coefficient (Wildman–Crippen LogP) is 4.33. The summed E-state index contributed by atoms with van der Waals surface area (Å²) < 4.78 is 13.0. The molecule has 0 aromatic heterocycles. The van der Waals surface area contributed by atoms with Gasteiger partial charge >= 0.3 is 0 Å². The molecule has 6 heteroatoms. The molecule has 1 aliphatic rings. The summed E-state index contributed by atoms with van der Waals surface area (Å²) in [7, 11) is 0. The van der Waals surface area contributed by atoms with Crippen LogP contribution >= 0.6 is 0 Å². The van der Waals surface area contributed by atoms with Gasteiger partial charge < -0.3 is 10.2 Å². The number of rotatable bonds is 10. The van der Waals surface area contributed by atoms with Crippen LogP contribution in [0.2, 0.25) is 0 Å². The van der Waals surface area contributed by atoms with Crippen LogP contribution in [0.25, 0.3) is 0 Å². The lowest BCUT2D eigenvalue weighted by molar-refractivity contribution is 0.0935. The van der Waals surface area contributed by atoms with Crippen molar-refractivity contribution in [3.05, 3.63) is 70.5 Å². The lowest BCUT2D eigenvalue weighted by atomic mass is 9.88. The highest BCUT2D eigenvalue weighted by Crippen LogP contribution is 2.28. The van der Waals surface area contributed by atoms with Gasteiger partial charge in [0.15, 0.2) is 0 Å². The summed E-state index contributed by atoms with van der Waals surface area (Å²) in [6.07, 6.45) is 3.28. The maximum absolute atomic E-state index is 13.0. The number of halogens is 1. The van der Waals surface area contributed by atoms with Gasteiger partial charge in [0.1, 0.15) is 5.82 Å². The van der Waals surface area contributed by atoms with Crippen LogP contribution in [0.4, 0.5) is 4.39 Å². The first-order chi connectivity index (χ1) is 16.0. The molecule has 33 heavy (non-hydrogen) atoms. The number of amides is 1. The van der Waals surface area contributed by atoms with Crippen molar-refractivity contribution in [1.82, 2.24) is 15.1 Å². The summed E-state index contributed by atoms with van der Waals surface area (Å²) in [5, 5.41) is 12.4. The lowest BCUT2D eigenvalue weighted by Gasteiger charge is -2.35. The van der Waals surface area contributed by atoms with Crippen molar-refractivity contribution in [1.29, 1.82) is 5.26 Å². The molecule has 2 aromatic rings. The van der Waals surface area contributed by atoms with E-state index in [1.165, 1.54) is 29.8 Å². The first-order valence-corrected chi connectivity index (χ1v) is 12.0. The molecule has 1 heterocycles. The molecule has 176 valence electrons. The van der Waals surface area contributed by atoms with Gasteiger partial charge in [0.2, 0.25) is 0 Å². The van der Waals surface area contributed by atoms with Crippen molar-refractivity contribution in [3.8, 4) is 6.07 Å². The van der Waals surface area contributed by atoms with E-state index < -0.39 is 0 Å². The zero-order chi connectivity index (χ0) is 23.6. The van der Waals surface area contributed by atoms with E-state index in [0.717, 1.165) is 69.7 Å². The summed E-state index contributed by atoms with van der Waals surface area (Å²) in [5.74, 6) is -0.0600. The number of hydrogen-bond donors (Lipinski definition) is 1. The Kier molecular flexibility index (Phi) is 9.41. The third-order valence-corrected chi connectivity index (χ3v) is 6.57. The molecular formula is C27H35FN4O. The van der Waals surface area contributed by atoms with Crippen molar-refractivity contribution in [3.63, 3.8) is 0 Å². The van der Waals surface area contributed by atoms with Gasteiger partial charge in [0.05, 0.1) is 11.6 Å². The van der Waals surface area contributed by atoms with Crippen LogP contribution in [0.1, 0.15) is 59.2 Å². The normalized spacial score (nSPS) is 15.7. The minimum Gasteiger partial charge on any atom is -0.351 e. The maximum Gasteiger partial charge on any atom is 0.251 e. The fourth-order valence-electron chi connectivity index (χ4n) is 4.53. The molecule has 3 rings (SSSR count). The number of nitrogens with one attached hydrogen (secondary N) is 1. The molecule has 1 saturated heterocycles. The Labute approximate surface area is 197 Å². The molecule has 0 bridgehead atoms. The smallest absolute Gasteiger partial charge is 0.251 e. The average Bonchev–Trinajstić information content (AvgIpc) is 2.83. The van der Waals surface area contributed by atoms with Gasteiger partial charge in [0, 0.05) is 44.8 Å². The highest BCUT2D eigenvalue weighted by molar-refractivity contribution is 5.94. The second-order valence-electron chi connectivity index (χ2n) is 8.90. The minimum atomic E-state index is -0.336. The molecule has 1 unspecified atom stereocenters. The Balaban J connectivity index is 1.34. The number of nitriles is 1. The van der Waals surface area contributed by atoms with Crippen LogP contribution < -0.4 is 5.32 Å². The lowest BCUT2D eigenvalue weighted by Crippen LogP contribution is -2.48. The summed E-state index contributed by atoms with van der Waals surface area (Å²) >= 11 is 0. The van der Waals surface area contributed by atoms with Crippen LogP contribution in [0.15, 0.2) is 42.5 Å². The van der Waals surface area contributed by atoms with Crippen molar-refractivity contribution >= 4 is 5.91 Å². The fraction of sp³-hybridized carbons (Fsp3) is 0.481. The van der Waals surface area contributed by atoms with E-state index in [-0.39, 0.29) is 11.7 Å². The van der Waals surface area contributed by atoms with Crippen molar-refractivity contribution in [2.75, 3.05) is 45.8 Å². The van der Waals surface area contributed by atoms with Crippen molar-refractivity contribution in [2.24, 2.45) is 0 Å². The zero-order valence-corrected chi connectivity index (χ0v) is 19.8. The second kappa shape index (κ2) is 12.5. The summed E-state index contributed by atoms with van der Waals surface area (Å²) in [6.45, 7) is 10.8. The van der Waals surface area contributed by atoms with E-state index in [2.05, 4.69) is 40.2 Å². The van der Waals surface area contributed by atoms with E-state index in [0.29, 0.717) is 18.0 Å². The summed E-state index contributed by atoms with van der Waals surface area (Å²) in [5.41, 5.74) is 3.64. The zero-order valence-electron chi connectivity index (χ0n) is 19.8. The number of nitrogens with zero attached hydrogens (tertiary/aromatic N) is 3. The predicted molar refractivity (Wildman–Crippen MR) is 130 cm³/mol. The molecule has 0 saturated carbocycles. The standard InChI is InChI=1S/C27H35FN4O/c1-3-22(26-11-6-21(2)19-24(26)20-29)5-4-13-31-15-17-32(18-16-31)14-12-30-27(33)23-7-9-25(28)10-8-23/h6-11,19,22H,3-5,12-18H2,1-2H3,(H,30,33). The molecule has 0 spiro atoms. The highest BCUT2D eigenvalue weighted by Gasteiger charge is 2.18. The fourth-order valence-corrected chi connectivity index (χ4v) is 4.53. The molecule has 1 N–H and O–H groups in total. The van der Waals surface area contributed by atoms with E-state index in [1.807, 2.05) is 13.0 Å². The molecular weight excluding hydrogens is 415 g/mol. The van der Waals surface area contributed by atoms with E-state index in [4.69, 9.17) is 0 Å². The number of carbonyl (C=O) groups is 1. The van der Waals surface area contributed by atoms with Gasteiger partial charge in [-0.3, -0.25) is 9.69 Å². The molecule has 2 aromatic carbocycles. The molecule has 1 fully saturated rings. The van der Waals surface area contributed by atoms with E-state index in [9.17, 15) is 14.4 Å². The third kappa shape index (κ3) is 7.38. The minimum absolute atomic E-state index is 0.160. The van der Waals surface area contributed by atoms with Crippen LogP contribution in [0.5, 0.6) is 0 Å². The number of benzene rings is 2. The monoisotopic (exact) mass is 450 g/mol. The molecule has 0 aliphatic carbocycles. The topological polar surface area (TPSA) is 59.4 Å². The number of aryl methyl sites for hydroxylation is 1. The molecule has 1 aliphatic heterocycles. The van der Waals surface area contributed by atoms with Gasteiger partial charge in [-0.15, -0.1) is 0 Å². The SMILES string of the molecule is CCC(CCCN1CCN(CCNC(=O)c2ccc(F)cc2)CC1)c1ccc(C)cc1C#N. The summed E-state index contributed by atoms with van der Waals surface area (Å²) in [4.78, 5) is 17.0. The Morgan fingerprint density at radius 3 is 2.39 bits per heavy atom. The second-order valence-corrected chi connectivity index (χ2v) is 8.90. The first-order valence-electron chi connectivity index (χ1n) is 12.0. The Morgan fingerprint density at radius 1 is 1.09 bits per heavy atom. The Hall–Kier alpha value is -2.75. The third-order valence-electron chi connectivity index (χ3n) is 6.57. The largest absolute Gasteiger partial charge is 0.351 e. The van der Waals surface area contributed by atoms with Crippen molar-refractivity contribution in [2.45, 2.75) is 39.0 Å². The van der Waals surface area contributed by atoms with Gasteiger partial charge in [0.25, 0.3) is 5.91 Å². The summed E-state index contributed by atoms with van der Waals surface area (Å²) in [6, 6.07) is 14.2. The van der Waals surface area contributed by atoms with E-state index >= 15 is 0 Å². The number of hydrogen-bond acceptors (Lipinski definition) is 4. The quantitative estimate of drug-likeness (QED) is 0.585. The van der Waals surface area contributed by atoms with E-state index in [1.54, 1.807) is 0 Å². The van der Waals surface area contributed by atoms with Crippen LogP contribution in [-0.2, 0) is 0 Å². The Morgan fingerprint density at radius 2 is 1.76 bits per heavy atom. The maximum atomic E-state index is 13.0. The number of carbonyl (C=O) groups excluding carboxylic acids is 1. The molecule has 1 atom stereocenters. The van der Waals surface area contributed by atoms with Gasteiger partial charge in [-0.1, -0.05) is 19.1 Å². The van der Waals surface area contributed by atoms with Crippen molar-refractivity contribution < 1.29 is 9.18 Å². The van der Waals surface area contributed by atoms with Gasteiger partial charge in [-0.25, -0.2) is 4.39 Å². The van der Waals surface area contributed by atoms with Crippen LogP contribution in [-0.4, -0.2) is 61.5 Å². The first kappa shape index (κ1) is 24.9. The molecule has 5 nitrogen and oxygen atoms in total. The molecule has 1 amide bonds. The molecule has 0 radical (unpaired) electrons. The Bertz CT molecular complexity index is 946. The highest BCUT2D eigenvalue weighted by atomic mass is 19.1. The number of piperazine rings is 1. The van der Waals surface area contributed by atoms with Gasteiger partial charge in [-0.2, -0.15) is 5.26 Å². The van der Waals surface area contributed by atoms with Crippen LogP contribution in [0, 0.1) is 24.1 Å².